The SMILES string of the molecule is O=[N+]([O-])c1ccc(CNc2cc(S(=O)(=O)N3CCOCC3)ccc2N2CCCCCC2)cc1. The van der Waals surface area contributed by atoms with Crippen LogP contribution in [-0.4, -0.2) is 57.0 Å². The van der Waals surface area contributed by atoms with E-state index in [1.807, 2.05) is 6.07 Å². The summed E-state index contributed by atoms with van der Waals surface area (Å²) in [6, 6.07) is 11.7. The number of nitro groups is 1. The number of hydrogen-bond donors (Lipinski definition) is 1. The van der Waals surface area contributed by atoms with Gasteiger partial charge in [-0.25, -0.2) is 8.42 Å². The minimum absolute atomic E-state index is 0.0441. The lowest BCUT2D eigenvalue weighted by Crippen LogP contribution is -2.40. The summed E-state index contributed by atoms with van der Waals surface area (Å²) in [5.41, 5.74) is 2.66. The van der Waals surface area contributed by atoms with Gasteiger partial charge in [-0.2, -0.15) is 4.31 Å². The van der Waals surface area contributed by atoms with Crippen molar-refractivity contribution in [2.75, 3.05) is 49.6 Å². The van der Waals surface area contributed by atoms with E-state index < -0.39 is 14.9 Å². The molecule has 1 N–H and O–H groups in total. The topological polar surface area (TPSA) is 105 Å². The fourth-order valence-electron chi connectivity index (χ4n) is 4.27. The van der Waals surface area contributed by atoms with E-state index >= 15 is 0 Å². The Bertz CT molecular complexity index is 1060. The lowest BCUT2D eigenvalue weighted by Gasteiger charge is -2.28. The second-order valence-corrected chi connectivity index (χ2v) is 10.3. The van der Waals surface area contributed by atoms with Gasteiger partial charge >= 0.3 is 0 Å². The molecule has 2 aliphatic heterocycles. The van der Waals surface area contributed by atoms with Crippen LogP contribution in [-0.2, 0) is 21.3 Å². The maximum atomic E-state index is 13.2. The molecule has 4 rings (SSSR count). The number of morpholine rings is 1. The Morgan fingerprint density at radius 1 is 0.939 bits per heavy atom. The summed E-state index contributed by atoms with van der Waals surface area (Å²) in [6.07, 6.45) is 4.61. The van der Waals surface area contributed by atoms with Crippen molar-refractivity contribution in [1.29, 1.82) is 0 Å². The summed E-state index contributed by atoms with van der Waals surface area (Å²) in [5.74, 6) is 0. The molecular formula is C23H30N4O5S. The minimum atomic E-state index is -3.62. The van der Waals surface area contributed by atoms with Crippen LogP contribution in [0.2, 0.25) is 0 Å². The molecule has 0 atom stereocenters. The Morgan fingerprint density at radius 2 is 1.61 bits per heavy atom. The molecule has 0 saturated carbocycles. The smallest absolute Gasteiger partial charge is 0.269 e. The van der Waals surface area contributed by atoms with Crippen molar-refractivity contribution < 1.29 is 18.1 Å². The van der Waals surface area contributed by atoms with E-state index in [1.54, 1.807) is 24.3 Å². The predicted octanol–water partition coefficient (Wildman–Crippen LogP) is 3.61. The highest BCUT2D eigenvalue weighted by molar-refractivity contribution is 7.89. The van der Waals surface area contributed by atoms with Crippen LogP contribution in [0.15, 0.2) is 47.4 Å². The van der Waals surface area contributed by atoms with Crippen LogP contribution in [0, 0.1) is 10.1 Å². The summed E-state index contributed by atoms with van der Waals surface area (Å²) in [7, 11) is -3.62. The van der Waals surface area contributed by atoms with E-state index in [1.165, 1.54) is 29.3 Å². The van der Waals surface area contributed by atoms with Crippen LogP contribution in [0.3, 0.4) is 0 Å². The van der Waals surface area contributed by atoms with Gasteiger partial charge in [0.15, 0.2) is 0 Å². The molecule has 2 fully saturated rings. The predicted molar refractivity (Wildman–Crippen MR) is 127 cm³/mol. The average Bonchev–Trinajstić information content (AvgIpc) is 3.13. The van der Waals surface area contributed by atoms with E-state index in [-0.39, 0.29) is 10.6 Å². The highest BCUT2D eigenvalue weighted by Gasteiger charge is 2.27. The minimum Gasteiger partial charge on any atom is -0.379 e. The molecule has 2 heterocycles. The van der Waals surface area contributed by atoms with Gasteiger partial charge in [0.05, 0.1) is 34.4 Å². The zero-order valence-electron chi connectivity index (χ0n) is 18.6. The monoisotopic (exact) mass is 474 g/mol. The summed E-state index contributed by atoms with van der Waals surface area (Å²) >= 11 is 0. The molecule has 2 aromatic rings. The Labute approximate surface area is 194 Å². The van der Waals surface area contributed by atoms with E-state index in [2.05, 4.69) is 10.2 Å². The van der Waals surface area contributed by atoms with Gasteiger partial charge in [-0.15, -0.1) is 0 Å². The Hall–Kier alpha value is -2.69. The van der Waals surface area contributed by atoms with Crippen LogP contribution in [0.4, 0.5) is 17.1 Å². The number of rotatable bonds is 7. The molecule has 0 spiro atoms. The van der Waals surface area contributed by atoms with E-state index in [0.29, 0.717) is 32.8 Å². The fourth-order valence-corrected chi connectivity index (χ4v) is 5.71. The first kappa shape index (κ1) is 23.5. The quantitative estimate of drug-likeness (QED) is 0.483. The van der Waals surface area contributed by atoms with Gasteiger partial charge < -0.3 is 15.0 Å². The van der Waals surface area contributed by atoms with Gasteiger partial charge in [-0.3, -0.25) is 10.1 Å². The fraction of sp³-hybridized carbons (Fsp3) is 0.478. The number of ether oxygens (including phenoxy) is 1. The molecule has 10 heteroatoms. The van der Waals surface area contributed by atoms with Crippen LogP contribution in [0.1, 0.15) is 31.2 Å². The molecule has 2 aromatic carbocycles. The molecule has 178 valence electrons. The molecule has 0 bridgehead atoms. The van der Waals surface area contributed by atoms with Crippen molar-refractivity contribution >= 4 is 27.1 Å². The molecule has 0 aliphatic carbocycles. The third-order valence-corrected chi connectivity index (χ3v) is 8.05. The zero-order valence-corrected chi connectivity index (χ0v) is 19.4. The Morgan fingerprint density at radius 3 is 2.24 bits per heavy atom. The van der Waals surface area contributed by atoms with E-state index in [4.69, 9.17) is 4.74 Å². The van der Waals surface area contributed by atoms with Gasteiger partial charge in [-0.1, -0.05) is 25.0 Å². The lowest BCUT2D eigenvalue weighted by molar-refractivity contribution is -0.384. The Kier molecular flexibility index (Phi) is 7.46. The molecular weight excluding hydrogens is 444 g/mol. The number of nitrogens with one attached hydrogen (secondary N) is 1. The molecule has 0 amide bonds. The number of non-ortho nitro benzene ring substituents is 1. The van der Waals surface area contributed by atoms with Gasteiger partial charge in [-0.05, 0) is 36.6 Å². The number of nitrogens with zero attached hydrogens (tertiary/aromatic N) is 3. The maximum Gasteiger partial charge on any atom is 0.269 e. The molecule has 9 nitrogen and oxygen atoms in total. The van der Waals surface area contributed by atoms with Gasteiger partial charge in [0.25, 0.3) is 5.69 Å². The van der Waals surface area contributed by atoms with Crippen molar-refractivity contribution in [2.24, 2.45) is 0 Å². The van der Waals surface area contributed by atoms with Gasteiger partial charge in [0.2, 0.25) is 10.0 Å². The first-order chi connectivity index (χ1) is 15.9. The number of nitro benzene ring substituents is 1. The first-order valence-corrected chi connectivity index (χ1v) is 12.8. The van der Waals surface area contributed by atoms with Gasteiger partial charge in [0, 0.05) is 44.9 Å². The lowest BCUT2D eigenvalue weighted by atomic mass is 10.2. The van der Waals surface area contributed by atoms with Crippen molar-refractivity contribution in [3.05, 3.63) is 58.1 Å². The number of sulfonamides is 1. The standard InChI is InChI=1S/C23H30N4O5S/c28-27(29)20-7-5-19(6-8-20)18-24-22-17-21(33(30,31)26-13-15-32-16-14-26)9-10-23(22)25-11-3-1-2-4-12-25/h5-10,17,24H,1-4,11-16,18H2. The molecule has 2 saturated heterocycles. The summed E-state index contributed by atoms with van der Waals surface area (Å²) in [4.78, 5) is 13.1. The summed E-state index contributed by atoms with van der Waals surface area (Å²) in [6.45, 7) is 3.79. The van der Waals surface area contributed by atoms with Crippen molar-refractivity contribution in [1.82, 2.24) is 4.31 Å². The second kappa shape index (κ2) is 10.5. The van der Waals surface area contributed by atoms with Crippen molar-refractivity contribution in [2.45, 2.75) is 37.1 Å². The van der Waals surface area contributed by atoms with Crippen LogP contribution < -0.4 is 10.2 Å². The van der Waals surface area contributed by atoms with Crippen molar-refractivity contribution in [3.8, 4) is 0 Å². The molecule has 33 heavy (non-hydrogen) atoms. The van der Waals surface area contributed by atoms with Crippen LogP contribution in [0.25, 0.3) is 0 Å². The summed E-state index contributed by atoms with van der Waals surface area (Å²) in [5, 5.41) is 14.3. The van der Waals surface area contributed by atoms with Crippen molar-refractivity contribution in [3.63, 3.8) is 0 Å². The third-order valence-electron chi connectivity index (χ3n) is 6.15. The molecule has 0 unspecified atom stereocenters. The van der Waals surface area contributed by atoms with E-state index in [0.717, 1.165) is 42.9 Å². The normalized spacial score (nSPS) is 18.0. The van der Waals surface area contributed by atoms with Gasteiger partial charge in [0.1, 0.15) is 0 Å². The molecule has 2 aliphatic rings. The van der Waals surface area contributed by atoms with Crippen LogP contribution >= 0.6 is 0 Å². The highest BCUT2D eigenvalue weighted by Crippen LogP contribution is 2.32. The second-order valence-electron chi connectivity index (χ2n) is 8.37. The largest absolute Gasteiger partial charge is 0.379 e. The highest BCUT2D eigenvalue weighted by atomic mass is 32.2. The number of anilines is 2. The number of hydrogen-bond acceptors (Lipinski definition) is 7. The third kappa shape index (κ3) is 5.63. The average molecular weight is 475 g/mol. The maximum absolute atomic E-state index is 13.2. The number of benzene rings is 2. The zero-order chi connectivity index (χ0) is 23.3. The van der Waals surface area contributed by atoms with E-state index in [9.17, 15) is 18.5 Å². The molecule has 0 aromatic heterocycles. The summed E-state index contributed by atoms with van der Waals surface area (Å²) < 4.78 is 33.2. The first-order valence-electron chi connectivity index (χ1n) is 11.4. The Balaban J connectivity index is 1.61. The molecule has 0 radical (unpaired) electrons. The van der Waals surface area contributed by atoms with Crippen LogP contribution in [0.5, 0.6) is 0 Å².